The monoisotopic (exact) mass is 245 g/mol. The summed E-state index contributed by atoms with van der Waals surface area (Å²) in [5.41, 5.74) is 1.28. The van der Waals surface area contributed by atoms with Crippen LogP contribution in [0.2, 0.25) is 0 Å². The molecule has 96 valence electrons. The zero-order valence-corrected chi connectivity index (χ0v) is 10.7. The fraction of sp³-hybridized carbons (Fsp3) is 0.500. The minimum absolute atomic E-state index is 0.359. The summed E-state index contributed by atoms with van der Waals surface area (Å²) in [4.78, 5) is 2.38. The molecule has 1 aromatic carbocycles. The van der Waals surface area contributed by atoms with E-state index < -0.39 is 0 Å². The second-order valence-electron chi connectivity index (χ2n) is 4.44. The van der Waals surface area contributed by atoms with Crippen LogP contribution in [-0.2, 0) is 0 Å². The van der Waals surface area contributed by atoms with Crippen LogP contribution < -0.4 is 10.1 Å². The van der Waals surface area contributed by atoms with Crippen molar-refractivity contribution in [2.24, 2.45) is 0 Å². The van der Waals surface area contributed by atoms with E-state index in [0.29, 0.717) is 12.5 Å². The summed E-state index contributed by atoms with van der Waals surface area (Å²) in [7, 11) is 1.68. The quantitative estimate of drug-likeness (QED) is 0.874. The van der Waals surface area contributed by atoms with E-state index in [1.807, 2.05) is 12.1 Å². The highest BCUT2D eigenvalue weighted by molar-refractivity contribution is 5.29. The average molecular weight is 245 g/mol. The van der Waals surface area contributed by atoms with Crippen LogP contribution in [0.3, 0.4) is 0 Å². The number of nitrogens with one attached hydrogen (secondary N) is 1. The van der Waals surface area contributed by atoms with Gasteiger partial charge in [0.05, 0.1) is 13.2 Å². The highest BCUT2D eigenvalue weighted by Gasteiger charge is 2.23. The first-order valence-electron chi connectivity index (χ1n) is 6.31. The van der Waals surface area contributed by atoms with E-state index >= 15 is 0 Å². The highest BCUT2D eigenvalue weighted by Crippen LogP contribution is 2.24. The zero-order chi connectivity index (χ0) is 12.8. The summed E-state index contributed by atoms with van der Waals surface area (Å²) in [6.45, 7) is 3.78. The number of rotatable bonds is 4. The molecule has 0 aromatic heterocycles. The Morgan fingerprint density at radius 3 is 2.89 bits per heavy atom. The van der Waals surface area contributed by atoms with E-state index in [0.717, 1.165) is 31.9 Å². The van der Waals surface area contributed by atoms with Crippen LogP contribution in [0, 0.1) is 11.3 Å². The Hall–Kier alpha value is -1.57. The lowest BCUT2D eigenvalue weighted by atomic mass is 10.0. The fourth-order valence-electron chi connectivity index (χ4n) is 2.36. The summed E-state index contributed by atoms with van der Waals surface area (Å²) in [6.07, 6.45) is 0.590. The summed E-state index contributed by atoms with van der Waals surface area (Å²) in [6, 6.07) is 10.8. The summed E-state index contributed by atoms with van der Waals surface area (Å²) < 4.78 is 5.18. The van der Waals surface area contributed by atoms with Crippen molar-refractivity contribution >= 4 is 0 Å². The number of piperazine rings is 1. The third-order valence-corrected chi connectivity index (χ3v) is 3.37. The molecule has 1 N–H and O–H groups in total. The second kappa shape index (κ2) is 6.39. The topological polar surface area (TPSA) is 48.3 Å². The minimum Gasteiger partial charge on any atom is -0.497 e. The third kappa shape index (κ3) is 3.00. The van der Waals surface area contributed by atoms with Gasteiger partial charge in [0.25, 0.3) is 0 Å². The Kier molecular flexibility index (Phi) is 4.57. The number of nitriles is 1. The van der Waals surface area contributed by atoms with E-state index in [2.05, 4.69) is 28.4 Å². The van der Waals surface area contributed by atoms with Gasteiger partial charge in [-0.2, -0.15) is 5.26 Å². The van der Waals surface area contributed by atoms with E-state index in [4.69, 9.17) is 10.00 Å². The highest BCUT2D eigenvalue weighted by atomic mass is 16.5. The molecule has 2 rings (SSSR count). The second-order valence-corrected chi connectivity index (χ2v) is 4.44. The molecule has 1 saturated heterocycles. The summed E-state index contributed by atoms with van der Waals surface area (Å²) >= 11 is 0. The van der Waals surface area contributed by atoms with Crippen LogP contribution in [0.15, 0.2) is 24.3 Å². The molecule has 0 saturated carbocycles. The van der Waals surface area contributed by atoms with Crippen molar-refractivity contribution in [1.82, 2.24) is 10.2 Å². The lowest BCUT2D eigenvalue weighted by molar-refractivity contribution is 0.165. The van der Waals surface area contributed by atoms with Gasteiger partial charge in [0.2, 0.25) is 0 Å². The number of hydrogen-bond acceptors (Lipinski definition) is 4. The molecule has 1 fully saturated rings. The van der Waals surface area contributed by atoms with Gasteiger partial charge in [-0.05, 0) is 17.7 Å². The maximum atomic E-state index is 8.71. The molecule has 0 bridgehead atoms. The molecule has 4 heteroatoms. The van der Waals surface area contributed by atoms with Gasteiger partial charge in [0.15, 0.2) is 0 Å². The molecule has 0 radical (unpaired) electrons. The zero-order valence-electron chi connectivity index (χ0n) is 10.7. The third-order valence-electron chi connectivity index (χ3n) is 3.37. The molecule has 0 spiro atoms. The van der Waals surface area contributed by atoms with Gasteiger partial charge in [0.1, 0.15) is 5.75 Å². The van der Waals surface area contributed by atoms with Crippen LogP contribution in [0.5, 0.6) is 5.75 Å². The van der Waals surface area contributed by atoms with Gasteiger partial charge in [-0.25, -0.2) is 0 Å². The van der Waals surface area contributed by atoms with Crippen molar-refractivity contribution in [2.45, 2.75) is 12.5 Å². The van der Waals surface area contributed by atoms with Crippen molar-refractivity contribution in [1.29, 1.82) is 5.26 Å². The first-order chi connectivity index (χ1) is 8.85. The van der Waals surface area contributed by atoms with Gasteiger partial charge in [-0.3, -0.25) is 4.90 Å². The van der Waals surface area contributed by atoms with Crippen molar-refractivity contribution in [3.8, 4) is 11.8 Å². The predicted molar refractivity (Wildman–Crippen MR) is 70.4 cm³/mol. The normalized spacial score (nSPS) is 20.3. The van der Waals surface area contributed by atoms with Gasteiger partial charge in [0, 0.05) is 38.6 Å². The molecule has 1 aliphatic rings. The van der Waals surface area contributed by atoms with E-state index in [-0.39, 0.29) is 0 Å². The Morgan fingerprint density at radius 2 is 2.22 bits per heavy atom. The first-order valence-corrected chi connectivity index (χ1v) is 6.31. The van der Waals surface area contributed by atoms with Crippen LogP contribution in [0.25, 0.3) is 0 Å². The van der Waals surface area contributed by atoms with Crippen molar-refractivity contribution in [3.05, 3.63) is 29.8 Å². The van der Waals surface area contributed by atoms with Crippen LogP contribution >= 0.6 is 0 Å². The van der Waals surface area contributed by atoms with Gasteiger partial charge in [-0.15, -0.1) is 0 Å². The smallest absolute Gasteiger partial charge is 0.118 e. The number of ether oxygens (including phenoxy) is 1. The van der Waals surface area contributed by atoms with Gasteiger partial charge in [-0.1, -0.05) is 12.1 Å². The lowest BCUT2D eigenvalue weighted by Gasteiger charge is -2.36. The van der Waals surface area contributed by atoms with Crippen LogP contribution in [-0.4, -0.2) is 38.2 Å². The summed E-state index contributed by atoms with van der Waals surface area (Å²) in [5, 5.41) is 12.1. The Balaban J connectivity index is 2.09. The van der Waals surface area contributed by atoms with Gasteiger partial charge < -0.3 is 10.1 Å². The molecule has 18 heavy (non-hydrogen) atoms. The molecule has 1 unspecified atom stereocenters. The number of hydrogen-bond donors (Lipinski definition) is 1. The Labute approximate surface area is 108 Å². The first kappa shape index (κ1) is 12.9. The molecular weight excluding hydrogens is 226 g/mol. The SMILES string of the molecule is COc1ccc(C2CNCCN2CCC#N)cc1. The largest absolute Gasteiger partial charge is 0.497 e. The van der Waals surface area contributed by atoms with Crippen molar-refractivity contribution in [3.63, 3.8) is 0 Å². The number of nitrogens with zero attached hydrogens (tertiary/aromatic N) is 2. The molecule has 1 aliphatic heterocycles. The standard InChI is InChI=1S/C14H19N3O/c1-18-13-5-3-12(4-6-13)14-11-16-8-10-17(14)9-2-7-15/h3-6,14,16H,2,8-11H2,1H3. The van der Waals surface area contributed by atoms with E-state index in [1.165, 1.54) is 5.56 Å². The van der Waals surface area contributed by atoms with Crippen molar-refractivity contribution in [2.75, 3.05) is 33.3 Å². The fourth-order valence-corrected chi connectivity index (χ4v) is 2.36. The average Bonchev–Trinajstić information content (AvgIpc) is 2.45. The van der Waals surface area contributed by atoms with E-state index in [9.17, 15) is 0 Å². The predicted octanol–water partition coefficient (Wildman–Crippen LogP) is 1.56. The molecular formula is C14H19N3O. The molecule has 1 atom stereocenters. The molecule has 1 aromatic rings. The van der Waals surface area contributed by atoms with Crippen LogP contribution in [0.4, 0.5) is 0 Å². The Bertz CT molecular complexity index is 410. The Morgan fingerprint density at radius 1 is 1.44 bits per heavy atom. The number of benzene rings is 1. The molecule has 0 amide bonds. The van der Waals surface area contributed by atoms with E-state index in [1.54, 1.807) is 7.11 Å². The molecule has 1 heterocycles. The molecule has 0 aliphatic carbocycles. The summed E-state index contributed by atoms with van der Waals surface area (Å²) in [5.74, 6) is 0.881. The molecule has 4 nitrogen and oxygen atoms in total. The van der Waals surface area contributed by atoms with Crippen LogP contribution in [0.1, 0.15) is 18.0 Å². The minimum atomic E-state index is 0.359. The maximum Gasteiger partial charge on any atom is 0.118 e. The number of methoxy groups -OCH3 is 1. The lowest BCUT2D eigenvalue weighted by Crippen LogP contribution is -2.46. The van der Waals surface area contributed by atoms with Crippen molar-refractivity contribution < 1.29 is 4.74 Å². The van der Waals surface area contributed by atoms with Gasteiger partial charge >= 0.3 is 0 Å². The maximum absolute atomic E-state index is 8.71.